The van der Waals surface area contributed by atoms with Crippen LogP contribution in [0.25, 0.3) is 0 Å². The van der Waals surface area contributed by atoms with Gasteiger partial charge in [0.1, 0.15) is 6.26 Å². The van der Waals surface area contributed by atoms with Gasteiger partial charge in [0.05, 0.1) is 12.1 Å². The Kier molecular flexibility index (Phi) is 8.07. The zero-order valence-electron chi connectivity index (χ0n) is 19.1. The summed E-state index contributed by atoms with van der Waals surface area (Å²) in [7, 11) is 0. The summed E-state index contributed by atoms with van der Waals surface area (Å²) in [5.74, 6) is -0.100. The maximum atomic E-state index is 13.2. The summed E-state index contributed by atoms with van der Waals surface area (Å²) in [4.78, 5) is 18.7. The molecule has 4 rings (SSSR count). The minimum absolute atomic E-state index is 0.131. The summed E-state index contributed by atoms with van der Waals surface area (Å²) in [6.45, 7) is 1.15. The lowest BCUT2D eigenvalue weighted by atomic mass is 10.1. The fourth-order valence-corrected chi connectivity index (χ4v) is 3.79. The first kappa shape index (κ1) is 25.5. The Morgan fingerprint density at radius 1 is 0.889 bits per heavy atom. The summed E-state index contributed by atoms with van der Waals surface area (Å²) in [5, 5.41) is 3.38. The molecule has 0 aliphatic heterocycles. The first-order valence-electron chi connectivity index (χ1n) is 11.2. The van der Waals surface area contributed by atoms with Gasteiger partial charge in [-0.2, -0.15) is 13.2 Å². The van der Waals surface area contributed by atoms with Gasteiger partial charge < -0.3 is 9.73 Å². The Hall–Kier alpha value is -3.62. The topological polar surface area (TPSA) is 58.4 Å². The van der Waals surface area contributed by atoms with Crippen molar-refractivity contribution in [2.75, 3.05) is 0 Å². The van der Waals surface area contributed by atoms with Crippen LogP contribution in [-0.2, 0) is 32.4 Å². The van der Waals surface area contributed by atoms with Gasteiger partial charge in [-0.3, -0.25) is 9.69 Å². The molecule has 0 unspecified atom stereocenters. The number of hydrogen-bond donors (Lipinski definition) is 1. The van der Waals surface area contributed by atoms with Crippen LogP contribution in [0, 0.1) is 0 Å². The highest BCUT2D eigenvalue weighted by molar-refractivity contribution is 6.30. The van der Waals surface area contributed by atoms with Crippen molar-refractivity contribution >= 4 is 17.5 Å². The standard InChI is InChI=1S/C27H23ClF3N3O2/c28-23-11-9-20(10-12-23)15-34(16-21-7-4-8-22(13-21)27(29,30)31)17-25-33-24(18-36-25)26(35)32-14-19-5-2-1-3-6-19/h1-13,18H,14-17H2,(H,32,35). The number of carbonyl (C=O) groups is 1. The molecule has 186 valence electrons. The Morgan fingerprint density at radius 3 is 2.31 bits per heavy atom. The normalized spacial score (nSPS) is 11.6. The van der Waals surface area contributed by atoms with E-state index in [9.17, 15) is 18.0 Å². The summed E-state index contributed by atoms with van der Waals surface area (Å²) in [5.41, 5.74) is 1.78. The molecule has 1 N–H and O–H groups in total. The second kappa shape index (κ2) is 11.4. The Balaban J connectivity index is 1.47. The van der Waals surface area contributed by atoms with Gasteiger partial charge in [-0.15, -0.1) is 0 Å². The van der Waals surface area contributed by atoms with Gasteiger partial charge in [0.15, 0.2) is 5.69 Å². The molecule has 0 bridgehead atoms. The van der Waals surface area contributed by atoms with Gasteiger partial charge in [0, 0.05) is 24.7 Å². The molecule has 1 amide bonds. The van der Waals surface area contributed by atoms with E-state index < -0.39 is 11.7 Å². The molecule has 9 heteroatoms. The molecule has 3 aromatic carbocycles. The number of carbonyl (C=O) groups excluding carboxylic acids is 1. The average molecular weight is 514 g/mol. The second-order valence-corrected chi connectivity index (χ2v) is 8.70. The number of halogens is 4. The van der Waals surface area contributed by atoms with E-state index in [2.05, 4.69) is 10.3 Å². The lowest BCUT2D eigenvalue weighted by Gasteiger charge is -2.21. The van der Waals surface area contributed by atoms with Crippen LogP contribution >= 0.6 is 11.6 Å². The summed E-state index contributed by atoms with van der Waals surface area (Å²) < 4.78 is 45.1. The largest absolute Gasteiger partial charge is 0.447 e. The lowest BCUT2D eigenvalue weighted by Crippen LogP contribution is -2.24. The minimum atomic E-state index is -4.43. The maximum Gasteiger partial charge on any atom is 0.416 e. The van der Waals surface area contributed by atoms with Gasteiger partial charge in [0.25, 0.3) is 5.91 Å². The Bertz CT molecular complexity index is 1290. The van der Waals surface area contributed by atoms with Crippen molar-refractivity contribution in [1.29, 1.82) is 0 Å². The molecular formula is C27H23ClF3N3O2. The molecule has 0 spiro atoms. The third-order valence-electron chi connectivity index (χ3n) is 5.42. The van der Waals surface area contributed by atoms with Crippen LogP contribution in [0.4, 0.5) is 13.2 Å². The van der Waals surface area contributed by atoms with Crippen molar-refractivity contribution in [3.8, 4) is 0 Å². The number of hydrogen-bond acceptors (Lipinski definition) is 4. The summed E-state index contributed by atoms with van der Waals surface area (Å²) in [6, 6.07) is 21.9. The van der Waals surface area contributed by atoms with E-state index in [-0.39, 0.29) is 30.6 Å². The van der Waals surface area contributed by atoms with Crippen molar-refractivity contribution < 1.29 is 22.4 Å². The monoisotopic (exact) mass is 513 g/mol. The number of nitrogens with zero attached hydrogens (tertiary/aromatic N) is 2. The number of nitrogens with one attached hydrogen (secondary N) is 1. The molecule has 0 aliphatic rings. The fraction of sp³-hybridized carbons (Fsp3) is 0.185. The van der Waals surface area contributed by atoms with Crippen molar-refractivity contribution in [2.45, 2.75) is 32.4 Å². The number of rotatable bonds is 9. The number of alkyl halides is 3. The quantitative estimate of drug-likeness (QED) is 0.278. The first-order valence-corrected chi connectivity index (χ1v) is 11.5. The highest BCUT2D eigenvalue weighted by atomic mass is 35.5. The van der Waals surface area contributed by atoms with Crippen LogP contribution in [0.2, 0.25) is 5.02 Å². The number of oxazole rings is 1. The predicted molar refractivity (Wildman–Crippen MR) is 130 cm³/mol. The van der Waals surface area contributed by atoms with Crippen LogP contribution in [0.3, 0.4) is 0 Å². The SMILES string of the molecule is O=C(NCc1ccccc1)c1coc(CN(Cc2ccc(Cl)cc2)Cc2cccc(C(F)(F)F)c2)n1. The summed E-state index contributed by atoms with van der Waals surface area (Å²) >= 11 is 5.98. The van der Waals surface area contributed by atoms with Gasteiger partial charge in [-0.05, 0) is 34.9 Å². The molecule has 1 aromatic heterocycles. The van der Waals surface area contributed by atoms with Crippen molar-refractivity contribution in [3.63, 3.8) is 0 Å². The van der Waals surface area contributed by atoms with Gasteiger partial charge >= 0.3 is 6.18 Å². The molecule has 0 atom stereocenters. The van der Waals surface area contributed by atoms with Crippen molar-refractivity contribution in [2.24, 2.45) is 0 Å². The third kappa shape index (κ3) is 7.19. The van der Waals surface area contributed by atoms with Gasteiger partial charge in [0.2, 0.25) is 5.89 Å². The minimum Gasteiger partial charge on any atom is -0.447 e. The summed E-state index contributed by atoms with van der Waals surface area (Å²) in [6.07, 6.45) is -3.15. The van der Waals surface area contributed by atoms with Crippen LogP contribution in [0.1, 0.15) is 38.6 Å². The Morgan fingerprint density at radius 2 is 1.58 bits per heavy atom. The number of aromatic nitrogens is 1. The van der Waals surface area contributed by atoms with E-state index in [1.807, 2.05) is 47.4 Å². The fourth-order valence-electron chi connectivity index (χ4n) is 3.67. The van der Waals surface area contributed by atoms with Crippen molar-refractivity contribution in [3.05, 3.63) is 124 Å². The highest BCUT2D eigenvalue weighted by Crippen LogP contribution is 2.30. The van der Waals surface area contributed by atoms with E-state index in [1.54, 1.807) is 18.2 Å². The second-order valence-electron chi connectivity index (χ2n) is 8.26. The molecule has 0 saturated carbocycles. The molecule has 5 nitrogen and oxygen atoms in total. The van der Waals surface area contributed by atoms with E-state index in [0.717, 1.165) is 23.3 Å². The molecule has 4 aromatic rings. The van der Waals surface area contributed by atoms with Crippen LogP contribution in [0.5, 0.6) is 0 Å². The molecule has 0 saturated heterocycles. The molecule has 1 heterocycles. The van der Waals surface area contributed by atoms with Crippen LogP contribution < -0.4 is 5.32 Å². The van der Waals surface area contributed by atoms with Crippen LogP contribution in [0.15, 0.2) is 89.5 Å². The van der Waals surface area contributed by atoms with E-state index >= 15 is 0 Å². The molecule has 0 fully saturated rings. The van der Waals surface area contributed by atoms with E-state index in [4.69, 9.17) is 16.0 Å². The smallest absolute Gasteiger partial charge is 0.416 e. The van der Waals surface area contributed by atoms with Crippen LogP contribution in [-0.4, -0.2) is 15.8 Å². The van der Waals surface area contributed by atoms with Gasteiger partial charge in [-0.25, -0.2) is 4.98 Å². The molecule has 0 aliphatic carbocycles. The zero-order chi connectivity index (χ0) is 25.5. The van der Waals surface area contributed by atoms with Gasteiger partial charge in [-0.1, -0.05) is 72.3 Å². The van der Waals surface area contributed by atoms with E-state index in [0.29, 0.717) is 23.7 Å². The first-order chi connectivity index (χ1) is 17.3. The molecular weight excluding hydrogens is 491 g/mol. The third-order valence-corrected chi connectivity index (χ3v) is 5.67. The average Bonchev–Trinajstić information content (AvgIpc) is 3.33. The highest BCUT2D eigenvalue weighted by Gasteiger charge is 2.30. The lowest BCUT2D eigenvalue weighted by molar-refractivity contribution is -0.137. The Labute approximate surface area is 211 Å². The zero-order valence-corrected chi connectivity index (χ0v) is 19.9. The number of amides is 1. The predicted octanol–water partition coefficient (Wildman–Crippen LogP) is 6.48. The van der Waals surface area contributed by atoms with E-state index in [1.165, 1.54) is 12.3 Å². The number of benzene rings is 3. The molecule has 0 radical (unpaired) electrons. The van der Waals surface area contributed by atoms with Crippen molar-refractivity contribution in [1.82, 2.24) is 15.2 Å². The molecule has 36 heavy (non-hydrogen) atoms. The maximum absolute atomic E-state index is 13.2.